The molecule has 2 heterocycles. The van der Waals surface area contributed by atoms with Gasteiger partial charge in [0.15, 0.2) is 0 Å². The number of nitrogens with zero attached hydrogens (tertiary/aromatic N) is 3. The smallest absolute Gasteiger partial charge is 0.137 e. The first kappa shape index (κ1) is 16.0. The van der Waals surface area contributed by atoms with Crippen LogP contribution >= 0.6 is 0 Å². The molecule has 2 aromatic rings. The number of nitriles is 1. The Hall–Kier alpha value is -2.34. The monoisotopic (exact) mass is 293 g/mol. The van der Waals surface area contributed by atoms with Gasteiger partial charge in [-0.3, -0.25) is 0 Å². The van der Waals surface area contributed by atoms with Gasteiger partial charge in [-0.1, -0.05) is 33.3 Å². The third-order valence-electron chi connectivity index (χ3n) is 3.80. The van der Waals surface area contributed by atoms with Crippen molar-refractivity contribution in [2.45, 2.75) is 46.0 Å². The maximum Gasteiger partial charge on any atom is 0.137 e. The summed E-state index contributed by atoms with van der Waals surface area (Å²) < 4.78 is 1.95. The van der Waals surface area contributed by atoms with E-state index in [0.717, 1.165) is 60.2 Å². The number of aromatic nitrogens is 2. The Morgan fingerprint density at radius 3 is 2.82 bits per heavy atom. The summed E-state index contributed by atoms with van der Waals surface area (Å²) in [7, 11) is 0. The zero-order chi connectivity index (χ0) is 15.9. The highest BCUT2D eigenvalue weighted by Gasteiger charge is 2.09. The van der Waals surface area contributed by atoms with E-state index in [1.54, 1.807) is 0 Å². The first-order valence-corrected chi connectivity index (χ1v) is 7.95. The van der Waals surface area contributed by atoms with Crippen LogP contribution in [0.15, 0.2) is 37.3 Å². The fourth-order valence-corrected chi connectivity index (χ4v) is 2.52. The summed E-state index contributed by atoms with van der Waals surface area (Å²) in [5.74, 6) is 0.842. The SMILES string of the molecule is C=C(CCC)c1ccnc(-n2cc(C#N)c(CCCC)c2)c1. The molecule has 2 rings (SSSR count). The second-order valence-corrected chi connectivity index (χ2v) is 5.58. The van der Waals surface area contributed by atoms with Gasteiger partial charge in [-0.2, -0.15) is 5.26 Å². The topological polar surface area (TPSA) is 41.6 Å². The second kappa shape index (κ2) is 7.61. The Kier molecular flexibility index (Phi) is 5.55. The van der Waals surface area contributed by atoms with Crippen molar-refractivity contribution >= 4 is 5.57 Å². The normalized spacial score (nSPS) is 10.4. The molecule has 0 fully saturated rings. The van der Waals surface area contributed by atoms with E-state index in [1.165, 1.54) is 0 Å². The first-order valence-electron chi connectivity index (χ1n) is 7.95. The Morgan fingerprint density at radius 1 is 1.32 bits per heavy atom. The number of allylic oxidation sites excluding steroid dienone is 1. The summed E-state index contributed by atoms with van der Waals surface area (Å²) in [4.78, 5) is 4.43. The summed E-state index contributed by atoms with van der Waals surface area (Å²) in [5, 5.41) is 9.29. The van der Waals surface area contributed by atoms with E-state index in [2.05, 4.69) is 31.5 Å². The molecule has 3 nitrogen and oxygen atoms in total. The summed E-state index contributed by atoms with van der Waals surface area (Å²) in [6.45, 7) is 8.45. The minimum atomic E-state index is 0.744. The molecular formula is C19H23N3. The van der Waals surface area contributed by atoms with Gasteiger partial charge < -0.3 is 4.57 Å². The van der Waals surface area contributed by atoms with E-state index < -0.39 is 0 Å². The fraction of sp³-hybridized carbons (Fsp3) is 0.368. The van der Waals surface area contributed by atoms with Crippen molar-refractivity contribution in [3.63, 3.8) is 0 Å². The van der Waals surface area contributed by atoms with Gasteiger partial charge >= 0.3 is 0 Å². The molecule has 0 spiro atoms. The van der Waals surface area contributed by atoms with Crippen LogP contribution in [0.2, 0.25) is 0 Å². The van der Waals surface area contributed by atoms with E-state index in [4.69, 9.17) is 0 Å². The Morgan fingerprint density at radius 2 is 2.14 bits per heavy atom. The molecule has 0 amide bonds. The van der Waals surface area contributed by atoms with Crippen LogP contribution in [-0.2, 0) is 6.42 Å². The molecule has 0 aliphatic rings. The van der Waals surface area contributed by atoms with Crippen molar-refractivity contribution < 1.29 is 0 Å². The van der Waals surface area contributed by atoms with Crippen molar-refractivity contribution in [2.75, 3.05) is 0 Å². The highest BCUT2D eigenvalue weighted by atomic mass is 15.0. The van der Waals surface area contributed by atoms with Crippen LogP contribution in [0.4, 0.5) is 0 Å². The predicted molar refractivity (Wildman–Crippen MR) is 90.8 cm³/mol. The number of pyridine rings is 1. The van der Waals surface area contributed by atoms with Crippen molar-refractivity contribution in [3.05, 3.63) is 54.0 Å². The average molecular weight is 293 g/mol. The Balaban J connectivity index is 2.32. The van der Waals surface area contributed by atoms with Crippen LogP contribution in [0.5, 0.6) is 0 Å². The lowest BCUT2D eigenvalue weighted by atomic mass is 10.0. The molecule has 0 saturated heterocycles. The number of aryl methyl sites for hydroxylation is 1. The Bertz CT molecular complexity index is 689. The molecular weight excluding hydrogens is 270 g/mol. The van der Waals surface area contributed by atoms with Gasteiger partial charge in [-0.15, -0.1) is 0 Å². The summed E-state index contributed by atoms with van der Waals surface area (Å²) in [6, 6.07) is 6.32. The minimum Gasteiger partial charge on any atom is -0.307 e. The first-order chi connectivity index (χ1) is 10.7. The van der Waals surface area contributed by atoms with Gasteiger partial charge in [0.1, 0.15) is 11.9 Å². The van der Waals surface area contributed by atoms with Gasteiger partial charge in [-0.25, -0.2) is 4.98 Å². The molecule has 0 aromatic carbocycles. The van der Waals surface area contributed by atoms with E-state index >= 15 is 0 Å². The maximum atomic E-state index is 9.29. The zero-order valence-corrected chi connectivity index (χ0v) is 13.5. The Labute approximate surface area is 132 Å². The van der Waals surface area contributed by atoms with E-state index in [0.29, 0.717) is 0 Å². The summed E-state index contributed by atoms with van der Waals surface area (Å²) in [5.41, 5.74) is 4.09. The molecule has 0 atom stereocenters. The molecule has 0 aliphatic carbocycles. The van der Waals surface area contributed by atoms with Crippen molar-refractivity contribution in [1.29, 1.82) is 5.26 Å². The van der Waals surface area contributed by atoms with Gasteiger partial charge in [0, 0.05) is 18.6 Å². The standard InChI is InChI=1S/C19H23N3/c1-4-6-8-17-13-22(14-18(17)12-20)19-11-16(9-10-21-19)15(3)7-5-2/h9-11,13-14H,3-8H2,1-2H3. The van der Waals surface area contributed by atoms with Crippen molar-refractivity contribution in [3.8, 4) is 11.9 Å². The molecule has 0 saturated carbocycles. The average Bonchev–Trinajstić information content (AvgIpc) is 2.96. The number of unbranched alkanes of at least 4 members (excludes halogenated alkanes) is 1. The van der Waals surface area contributed by atoms with Crippen molar-refractivity contribution in [1.82, 2.24) is 9.55 Å². The molecule has 22 heavy (non-hydrogen) atoms. The summed E-state index contributed by atoms with van der Waals surface area (Å²) >= 11 is 0. The van der Waals surface area contributed by atoms with Crippen LogP contribution in [0, 0.1) is 11.3 Å². The molecule has 0 N–H and O–H groups in total. The molecule has 0 aliphatic heterocycles. The van der Waals surface area contributed by atoms with E-state index in [1.807, 2.05) is 35.3 Å². The minimum absolute atomic E-state index is 0.744. The van der Waals surface area contributed by atoms with Crippen LogP contribution < -0.4 is 0 Å². The lowest BCUT2D eigenvalue weighted by Gasteiger charge is -2.07. The number of rotatable bonds is 7. The highest BCUT2D eigenvalue weighted by molar-refractivity contribution is 5.64. The maximum absolute atomic E-state index is 9.29. The molecule has 114 valence electrons. The molecule has 2 aromatic heterocycles. The molecule has 0 unspecified atom stereocenters. The second-order valence-electron chi connectivity index (χ2n) is 5.58. The van der Waals surface area contributed by atoms with E-state index in [-0.39, 0.29) is 0 Å². The lowest BCUT2D eigenvalue weighted by Crippen LogP contribution is -1.95. The summed E-state index contributed by atoms with van der Waals surface area (Å²) in [6.07, 6.45) is 10.9. The molecule has 3 heteroatoms. The van der Waals surface area contributed by atoms with Crippen LogP contribution in [0.3, 0.4) is 0 Å². The van der Waals surface area contributed by atoms with Gasteiger partial charge in [0.05, 0.1) is 5.56 Å². The van der Waals surface area contributed by atoms with Crippen molar-refractivity contribution in [2.24, 2.45) is 0 Å². The number of hydrogen-bond donors (Lipinski definition) is 0. The largest absolute Gasteiger partial charge is 0.307 e. The quantitative estimate of drug-likeness (QED) is 0.728. The van der Waals surface area contributed by atoms with E-state index in [9.17, 15) is 5.26 Å². The fourth-order valence-electron chi connectivity index (χ4n) is 2.52. The van der Waals surface area contributed by atoms with Gasteiger partial charge in [0.25, 0.3) is 0 Å². The van der Waals surface area contributed by atoms with Crippen LogP contribution in [0.1, 0.15) is 56.2 Å². The van der Waals surface area contributed by atoms with Crippen LogP contribution in [0.25, 0.3) is 11.4 Å². The zero-order valence-electron chi connectivity index (χ0n) is 13.5. The van der Waals surface area contributed by atoms with Crippen LogP contribution in [-0.4, -0.2) is 9.55 Å². The lowest BCUT2D eigenvalue weighted by molar-refractivity contribution is 0.793. The molecule has 0 bridgehead atoms. The molecule has 0 radical (unpaired) electrons. The van der Waals surface area contributed by atoms with Gasteiger partial charge in [-0.05, 0) is 48.1 Å². The predicted octanol–water partition coefficient (Wildman–Crippen LogP) is 4.90. The third kappa shape index (κ3) is 3.65. The number of hydrogen-bond acceptors (Lipinski definition) is 2. The van der Waals surface area contributed by atoms with Gasteiger partial charge in [0.2, 0.25) is 0 Å². The highest BCUT2D eigenvalue weighted by Crippen LogP contribution is 2.21. The third-order valence-corrected chi connectivity index (χ3v) is 3.80.